The number of methoxy groups -OCH3 is 1. The molecule has 6 nitrogen and oxygen atoms in total. The molecule has 2 N–H and O–H groups in total. The van der Waals surface area contributed by atoms with E-state index in [0.717, 1.165) is 24.8 Å². The summed E-state index contributed by atoms with van der Waals surface area (Å²) in [5.41, 5.74) is 7.46. The van der Waals surface area contributed by atoms with Crippen LogP contribution >= 0.6 is 0 Å². The van der Waals surface area contributed by atoms with Crippen molar-refractivity contribution in [3.05, 3.63) is 18.2 Å². The number of benzene rings is 1. The van der Waals surface area contributed by atoms with Crippen molar-refractivity contribution >= 4 is 5.69 Å². The first-order chi connectivity index (χ1) is 9.72. The second-order valence-corrected chi connectivity index (χ2v) is 4.72. The highest BCUT2D eigenvalue weighted by atomic mass is 16.5. The van der Waals surface area contributed by atoms with E-state index in [4.69, 9.17) is 10.5 Å². The van der Waals surface area contributed by atoms with Crippen molar-refractivity contribution < 1.29 is 4.74 Å². The third kappa shape index (κ3) is 2.59. The highest BCUT2D eigenvalue weighted by Crippen LogP contribution is 2.35. The van der Waals surface area contributed by atoms with E-state index in [9.17, 15) is 0 Å². The Bertz CT molecular complexity index is 566. The fraction of sp³-hybridized carbons (Fsp3) is 0.500. The molecule has 20 heavy (non-hydrogen) atoms. The first kappa shape index (κ1) is 14.3. The van der Waals surface area contributed by atoms with Crippen molar-refractivity contribution in [1.29, 1.82) is 0 Å². The number of anilines is 1. The first-order valence-electron chi connectivity index (χ1n) is 6.93. The van der Waals surface area contributed by atoms with Gasteiger partial charge in [0.1, 0.15) is 5.75 Å². The standard InChI is InChI=1S/C14H21N5O/c1-4-7-10(5-2)19-14(16-17-18-19)13-11(15)8-6-9-12(13)20-3/h6,8-10H,4-5,7,15H2,1-3H3. The summed E-state index contributed by atoms with van der Waals surface area (Å²) in [6.45, 7) is 4.29. The zero-order valence-electron chi connectivity index (χ0n) is 12.2. The summed E-state index contributed by atoms with van der Waals surface area (Å²) >= 11 is 0. The summed E-state index contributed by atoms with van der Waals surface area (Å²) in [6, 6.07) is 5.83. The monoisotopic (exact) mass is 275 g/mol. The summed E-state index contributed by atoms with van der Waals surface area (Å²) in [6.07, 6.45) is 3.09. The Morgan fingerprint density at radius 2 is 2.15 bits per heavy atom. The van der Waals surface area contributed by atoms with Gasteiger partial charge in [-0.25, -0.2) is 4.68 Å². The third-order valence-corrected chi connectivity index (χ3v) is 3.43. The summed E-state index contributed by atoms with van der Waals surface area (Å²) in [7, 11) is 1.62. The molecule has 1 heterocycles. The fourth-order valence-electron chi connectivity index (χ4n) is 2.39. The summed E-state index contributed by atoms with van der Waals surface area (Å²) in [4.78, 5) is 0. The van der Waals surface area contributed by atoms with Crippen LogP contribution in [0, 0.1) is 0 Å². The number of hydrogen-bond donors (Lipinski definition) is 1. The van der Waals surface area contributed by atoms with Gasteiger partial charge in [0, 0.05) is 5.69 Å². The van der Waals surface area contributed by atoms with E-state index in [1.165, 1.54) is 0 Å². The average molecular weight is 275 g/mol. The molecular weight excluding hydrogens is 254 g/mol. The van der Waals surface area contributed by atoms with Crippen LogP contribution in [0.1, 0.15) is 39.2 Å². The zero-order valence-corrected chi connectivity index (χ0v) is 12.2. The van der Waals surface area contributed by atoms with Crippen molar-refractivity contribution in [3.63, 3.8) is 0 Å². The van der Waals surface area contributed by atoms with Gasteiger partial charge in [0.25, 0.3) is 0 Å². The molecule has 0 saturated heterocycles. The van der Waals surface area contributed by atoms with Crippen LogP contribution in [0.25, 0.3) is 11.4 Å². The maximum atomic E-state index is 6.08. The number of tetrazole rings is 1. The number of nitrogens with zero attached hydrogens (tertiary/aromatic N) is 4. The Kier molecular flexibility index (Phi) is 4.55. The maximum Gasteiger partial charge on any atom is 0.188 e. The Hall–Kier alpha value is -2.11. The minimum atomic E-state index is 0.273. The van der Waals surface area contributed by atoms with Crippen molar-refractivity contribution in [2.45, 2.75) is 39.2 Å². The van der Waals surface area contributed by atoms with Gasteiger partial charge in [0.2, 0.25) is 0 Å². The van der Waals surface area contributed by atoms with Crippen LogP contribution in [0.2, 0.25) is 0 Å². The SMILES string of the molecule is CCCC(CC)n1nnnc1-c1c(N)cccc1OC. The van der Waals surface area contributed by atoms with Gasteiger partial charge >= 0.3 is 0 Å². The molecule has 0 aliphatic heterocycles. The molecule has 0 bridgehead atoms. The van der Waals surface area contributed by atoms with E-state index >= 15 is 0 Å². The molecule has 2 rings (SSSR count). The van der Waals surface area contributed by atoms with Crippen LogP contribution in [-0.2, 0) is 0 Å². The number of hydrogen-bond acceptors (Lipinski definition) is 5. The highest BCUT2D eigenvalue weighted by Gasteiger charge is 2.21. The molecular formula is C14H21N5O. The lowest BCUT2D eigenvalue weighted by Gasteiger charge is -2.17. The van der Waals surface area contributed by atoms with E-state index in [1.54, 1.807) is 7.11 Å². The van der Waals surface area contributed by atoms with Gasteiger partial charge in [0.15, 0.2) is 5.82 Å². The second kappa shape index (κ2) is 6.36. The van der Waals surface area contributed by atoms with Crippen molar-refractivity contribution in [3.8, 4) is 17.1 Å². The quantitative estimate of drug-likeness (QED) is 0.820. The fourth-order valence-corrected chi connectivity index (χ4v) is 2.39. The summed E-state index contributed by atoms with van der Waals surface area (Å²) in [5, 5.41) is 12.1. The van der Waals surface area contributed by atoms with Crippen LogP contribution in [0.4, 0.5) is 5.69 Å². The molecule has 1 unspecified atom stereocenters. The average Bonchev–Trinajstić information content (AvgIpc) is 2.93. The van der Waals surface area contributed by atoms with Gasteiger partial charge in [-0.2, -0.15) is 0 Å². The first-order valence-corrected chi connectivity index (χ1v) is 6.93. The van der Waals surface area contributed by atoms with Gasteiger partial charge in [-0.1, -0.05) is 26.3 Å². The van der Waals surface area contributed by atoms with E-state index < -0.39 is 0 Å². The Labute approximate surface area is 118 Å². The van der Waals surface area contributed by atoms with E-state index in [2.05, 4.69) is 29.4 Å². The number of ether oxygens (including phenoxy) is 1. The minimum absolute atomic E-state index is 0.273. The van der Waals surface area contributed by atoms with Gasteiger partial charge in [-0.05, 0) is 35.4 Å². The zero-order chi connectivity index (χ0) is 14.5. The topological polar surface area (TPSA) is 78.9 Å². The van der Waals surface area contributed by atoms with Crippen LogP contribution in [0.15, 0.2) is 18.2 Å². The molecule has 108 valence electrons. The number of aromatic nitrogens is 4. The predicted molar refractivity (Wildman–Crippen MR) is 78.5 cm³/mol. The normalized spacial score (nSPS) is 12.3. The van der Waals surface area contributed by atoms with E-state index in [0.29, 0.717) is 17.3 Å². The van der Waals surface area contributed by atoms with Crippen LogP contribution < -0.4 is 10.5 Å². The molecule has 6 heteroatoms. The minimum Gasteiger partial charge on any atom is -0.496 e. The molecule has 1 aromatic carbocycles. The molecule has 0 radical (unpaired) electrons. The predicted octanol–water partition coefficient (Wildman–Crippen LogP) is 2.68. The van der Waals surface area contributed by atoms with Crippen molar-refractivity contribution in [1.82, 2.24) is 20.2 Å². The number of nitrogen functional groups attached to an aromatic ring is 1. The van der Waals surface area contributed by atoms with Crippen LogP contribution in [-0.4, -0.2) is 27.3 Å². The smallest absolute Gasteiger partial charge is 0.188 e. The van der Waals surface area contributed by atoms with Gasteiger partial charge in [-0.15, -0.1) is 5.10 Å². The second-order valence-electron chi connectivity index (χ2n) is 4.72. The maximum absolute atomic E-state index is 6.08. The molecule has 0 fully saturated rings. The number of nitrogens with two attached hydrogens (primary N) is 1. The summed E-state index contributed by atoms with van der Waals surface area (Å²) in [5.74, 6) is 1.35. The molecule has 0 saturated carbocycles. The molecule has 1 atom stereocenters. The molecule has 0 amide bonds. The molecule has 2 aromatic rings. The molecule has 0 spiro atoms. The largest absolute Gasteiger partial charge is 0.496 e. The lowest BCUT2D eigenvalue weighted by molar-refractivity contribution is 0.399. The molecule has 0 aliphatic rings. The van der Waals surface area contributed by atoms with E-state index in [-0.39, 0.29) is 6.04 Å². The number of rotatable bonds is 6. The lowest BCUT2D eigenvalue weighted by atomic mass is 10.1. The van der Waals surface area contributed by atoms with Crippen LogP contribution in [0.5, 0.6) is 5.75 Å². The molecule has 1 aromatic heterocycles. The van der Waals surface area contributed by atoms with Crippen molar-refractivity contribution in [2.75, 3.05) is 12.8 Å². The van der Waals surface area contributed by atoms with E-state index in [1.807, 2.05) is 22.9 Å². The Morgan fingerprint density at radius 1 is 1.35 bits per heavy atom. The van der Waals surface area contributed by atoms with Crippen LogP contribution in [0.3, 0.4) is 0 Å². The van der Waals surface area contributed by atoms with Crippen molar-refractivity contribution in [2.24, 2.45) is 0 Å². The summed E-state index contributed by atoms with van der Waals surface area (Å²) < 4.78 is 7.25. The van der Waals surface area contributed by atoms with Gasteiger partial charge < -0.3 is 10.5 Å². The van der Waals surface area contributed by atoms with Gasteiger partial charge in [0.05, 0.1) is 18.7 Å². The Morgan fingerprint density at radius 3 is 2.80 bits per heavy atom. The highest BCUT2D eigenvalue weighted by molar-refractivity contribution is 5.77. The third-order valence-electron chi connectivity index (χ3n) is 3.43. The lowest BCUT2D eigenvalue weighted by Crippen LogP contribution is -2.12. The van der Waals surface area contributed by atoms with Gasteiger partial charge in [-0.3, -0.25) is 0 Å². The Balaban J connectivity index is 2.52. The molecule has 0 aliphatic carbocycles.